The van der Waals surface area contributed by atoms with Gasteiger partial charge in [0.1, 0.15) is 0 Å². The van der Waals surface area contributed by atoms with Crippen molar-refractivity contribution in [3.8, 4) is 0 Å². The van der Waals surface area contributed by atoms with Gasteiger partial charge in [-0.3, -0.25) is 9.59 Å². The minimum absolute atomic E-state index is 0.162. The first-order valence-corrected chi connectivity index (χ1v) is 7.26. The van der Waals surface area contributed by atoms with Crippen LogP contribution in [0.5, 0.6) is 0 Å². The first-order chi connectivity index (χ1) is 9.97. The Balaban J connectivity index is 2.67. The number of hydrogen-bond acceptors (Lipinski definition) is 2. The third-order valence-electron chi connectivity index (χ3n) is 3.42. The number of aryl methyl sites for hydroxylation is 1. The van der Waals surface area contributed by atoms with Crippen LogP contribution in [-0.4, -0.2) is 35.0 Å². The average Bonchev–Trinajstić information content (AvgIpc) is 2.50. The van der Waals surface area contributed by atoms with E-state index in [1.165, 1.54) is 16.5 Å². The van der Waals surface area contributed by atoms with Crippen LogP contribution in [-0.2, 0) is 16.0 Å². The maximum atomic E-state index is 12.1. The van der Waals surface area contributed by atoms with Crippen molar-refractivity contribution in [2.75, 3.05) is 13.1 Å². The molecule has 1 aromatic carbocycles. The van der Waals surface area contributed by atoms with Gasteiger partial charge in [-0.15, -0.1) is 0 Å². The fourth-order valence-corrected chi connectivity index (χ4v) is 1.92. The minimum atomic E-state index is -0.889. The predicted molar refractivity (Wildman–Crippen MR) is 83.9 cm³/mol. The highest BCUT2D eigenvalue weighted by atomic mass is 16.4. The van der Waals surface area contributed by atoms with E-state index in [4.69, 9.17) is 5.11 Å². The van der Waals surface area contributed by atoms with E-state index < -0.39 is 11.9 Å². The van der Waals surface area contributed by atoms with Crippen LogP contribution < -0.4 is 0 Å². The molecule has 21 heavy (non-hydrogen) atoms. The number of carboxylic acids is 1. The quantitative estimate of drug-likeness (QED) is 0.785. The molecule has 1 aromatic rings. The lowest BCUT2D eigenvalue weighted by atomic mass is 10.1. The van der Waals surface area contributed by atoms with Gasteiger partial charge in [-0.2, -0.15) is 0 Å². The van der Waals surface area contributed by atoms with Gasteiger partial charge in [0.2, 0.25) is 5.91 Å². The van der Waals surface area contributed by atoms with E-state index >= 15 is 0 Å². The molecule has 0 aromatic heterocycles. The summed E-state index contributed by atoms with van der Waals surface area (Å²) in [6, 6.07) is 8.01. The van der Waals surface area contributed by atoms with E-state index in [0.29, 0.717) is 6.54 Å². The summed E-state index contributed by atoms with van der Waals surface area (Å²) in [7, 11) is 0. The molecule has 0 saturated heterocycles. The summed E-state index contributed by atoms with van der Waals surface area (Å²) in [6.45, 7) is 6.26. The largest absolute Gasteiger partial charge is 0.481 e. The fourth-order valence-electron chi connectivity index (χ4n) is 1.92. The monoisotopic (exact) mass is 289 g/mol. The zero-order valence-electron chi connectivity index (χ0n) is 12.9. The lowest BCUT2D eigenvalue weighted by Gasteiger charge is -2.21. The second-order valence-electron chi connectivity index (χ2n) is 5.04. The molecule has 0 saturated carbocycles. The zero-order chi connectivity index (χ0) is 15.8. The molecule has 4 heteroatoms. The van der Waals surface area contributed by atoms with Gasteiger partial charge in [0.15, 0.2) is 0 Å². The van der Waals surface area contributed by atoms with Crippen molar-refractivity contribution in [2.24, 2.45) is 5.92 Å². The smallest absolute Gasteiger partial charge is 0.308 e. The molecular formula is C17H23NO3. The van der Waals surface area contributed by atoms with Crippen LogP contribution in [0.3, 0.4) is 0 Å². The third-order valence-corrected chi connectivity index (χ3v) is 3.42. The van der Waals surface area contributed by atoms with Crippen molar-refractivity contribution in [2.45, 2.75) is 27.2 Å². The Morgan fingerprint density at radius 3 is 2.33 bits per heavy atom. The van der Waals surface area contributed by atoms with E-state index in [0.717, 1.165) is 12.0 Å². The minimum Gasteiger partial charge on any atom is -0.481 e. The Morgan fingerprint density at radius 2 is 1.86 bits per heavy atom. The van der Waals surface area contributed by atoms with E-state index in [9.17, 15) is 9.59 Å². The van der Waals surface area contributed by atoms with Crippen LogP contribution in [0.15, 0.2) is 30.3 Å². The second kappa shape index (κ2) is 8.25. The van der Waals surface area contributed by atoms with Gasteiger partial charge in [-0.05, 0) is 30.5 Å². The van der Waals surface area contributed by atoms with Crippen LogP contribution in [0.1, 0.15) is 31.9 Å². The van der Waals surface area contributed by atoms with E-state index in [1.54, 1.807) is 13.0 Å². The van der Waals surface area contributed by atoms with E-state index in [1.807, 2.05) is 31.2 Å². The Bertz CT molecular complexity index is 505. The van der Waals surface area contributed by atoms with Gasteiger partial charge in [-0.25, -0.2) is 0 Å². The van der Waals surface area contributed by atoms with Crippen molar-refractivity contribution in [3.05, 3.63) is 41.5 Å². The molecule has 4 nitrogen and oxygen atoms in total. The molecule has 0 bridgehead atoms. The third kappa shape index (κ3) is 5.42. The maximum Gasteiger partial charge on any atom is 0.308 e. The summed E-state index contributed by atoms with van der Waals surface area (Å²) in [6.07, 6.45) is 4.24. The lowest BCUT2D eigenvalue weighted by molar-refractivity contribution is -0.142. The van der Waals surface area contributed by atoms with E-state index in [-0.39, 0.29) is 12.5 Å². The number of nitrogens with zero attached hydrogens (tertiary/aromatic N) is 1. The summed E-state index contributed by atoms with van der Waals surface area (Å²) in [5, 5.41) is 8.91. The summed E-state index contributed by atoms with van der Waals surface area (Å²) in [5.41, 5.74) is 2.21. The number of carbonyl (C=O) groups excluding carboxylic acids is 1. The molecule has 0 fully saturated rings. The Kier molecular flexibility index (Phi) is 6.66. The summed E-state index contributed by atoms with van der Waals surface area (Å²) in [4.78, 5) is 24.5. The van der Waals surface area contributed by atoms with Gasteiger partial charge >= 0.3 is 5.97 Å². The molecule has 0 spiro atoms. The number of aliphatic carboxylic acids is 1. The molecule has 1 unspecified atom stereocenters. The van der Waals surface area contributed by atoms with Gasteiger partial charge < -0.3 is 10.0 Å². The molecule has 0 radical (unpaired) electrons. The average molecular weight is 289 g/mol. The van der Waals surface area contributed by atoms with Crippen LogP contribution in [0.2, 0.25) is 0 Å². The first-order valence-electron chi connectivity index (χ1n) is 7.26. The topological polar surface area (TPSA) is 57.6 Å². The molecule has 1 atom stereocenters. The summed E-state index contributed by atoms with van der Waals surface area (Å²) >= 11 is 0. The molecule has 114 valence electrons. The fraction of sp³-hybridized carbons (Fsp3) is 0.412. The second-order valence-corrected chi connectivity index (χ2v) is 5.04. The van der Waals surface area contributed by atoms with Crippen molar-refractivity contribution in [1.29, 1.82) is 0 Å². The van der Waals surface area contributed by atoms with Gasteiger partial charge in [-0.1, -0.05) is 38.1 Å². The molecule has 1 N–H and O–H groups in total. The van der Waals surface area contributed by atoms with Crippen LogP contribution in [0.4, 0.5) is 0 Å². The predicted octanol–water partition coefficient (Wildman–Crippen LogP) is 2.83. The number of likely N-dealkylation sites (N-methyl/N-ethyl adjacent to an activating group) is 1. The highest BCUT2D eigenvalue weighted by Gasteiger charge is 2.17. The molecular weight excluding hydrogens is 266 g/mol. The van der Waals surface area contributed by atoms with Crippen LogP contribution >= 0.6 is 0 Å². The van der Waals surface area contributed by atoms with Gasteiger partial charge in [0.25, 0.3) is 0 Å². The van der Waals surface area contributed by atoms with Crippen molar-refractivity contribution < 1.29 is 14.7 Å². The Morgan fingerprint density at radius 1 is 1.24 bits per heavy atom. The summed E-state index contributed by atoms with van der Waals surface area (Å²) in [5.74, 6) is -1.61. The molecule has 1 amide bonds. The zero-order valence-corrected chi connectivity index (χ0v) is 12.9. The van der Waals surface area contributed by atoms with Crippen LogP contribution in [0, 0.1) is 5.92 Å². The highest BCUT2D eigenvalue weighted by molar-refractivity contribution is 5.92. The van der Waals surface area contributed by atoms with Crippen LogP contribution in [0.25, 0.3) is 6.08 Å². The number of rotatable bonds is 7. The number of carbonyl (C=O) groups is 2. The van der Waals surface area contributed by atoms with E-state index in [2.05, 4.69) is 6.92 Å². The molecule has 0 aliphatic heterocycles. The molecule has 0 heterocycles. The Labute approximate surface area is 126 Å². The standard InChI is InChI=1S/C17H23NO3/c1-4-14-6-8-15(9-7-14)10-11-16(19)18(5-2)12-13(3)17(20)21/h6-11,13H,4-5,12H2,1-3H3,(H,20,21). The number of benzene rings is 1. The SMILES string of the molecule is CCc1ccc(C=CC(=O)N(CC)CC(C)C(=O)O)cc1. The molecule has 0 aliphatic carbocycles. The lowest BCUT2D eigenvalue weighted by Crippen LogP contribution is -2.35. The van der Waals surface area contributed by atoms with Crippen molar-refractivity contribution >= 4 is 18.0 Å². The molecule has 0 aliphatic rings. The first kappa shape index (κ1) is 17.0. The van der Waals surface area contributed by atoms with Gasteiger partial charge in [0.05, 0.1) is 5.92 Å². The highest BCUT2D eigenvalue weighted by Crippen LogP contribution is 2.08. The maximum absolute atomic E-state index is 12.1. The molecule has 1 rings (SSSR count). The number of amides is 1. The summed E-state index contributed by atoms with van der Waals surface area (Å²) < 4.78 is 0. The number of hydrogen-bond donors (Lipinski definition) is 1. The van der Waals surface area contributed by atoms with Gasteiger partial charge in [0, 0.05) is 19.2 Å². The Hall–Kier alpha value is -2.10. The van der Waals surface area contributed by atoms with Crippen molar-refractivity contribution in [3.63, 3.8) is 0 Å². The normalized spacial score (nSPS) is 12.3. The van der Waals surface area contributed by atoms with Crippen molar-refractivity contribution in [1.82, 2.24) is 4.90 Å². The number of carboxylic acid groups (broad SMARTS) is 1.